The minimum atomic E-state index is -1.02. The lowest BCUT2D eigenvalue weighted by Gasteiger charge is -2.07. The van der Waals surface area contributed by atoms with E-state index in [4.69, 9.17) is 33.0 Å². The second kappa shape index (κ2) is 7.19. The quantitative estimate of drug-likeness (QED) is 0.639. The molecule has 0 bridgehead atoms. The fourth-order valence-electron chi connectivity index (χ4n) is 2.00. The second-order valence-electron chi connectivity index (χ2n) is 4.57. The van der Waals surface area contributed by atoms with E-state index in [0.29, 0.717) is 32.5 Å². The highest BCUT2D eigenvalue weighted by molar-refractivity contribution is 6.37. The van der Waals surface area contributed by atoms with Crippen LogP contribution in [0.15, 0.2) is 36.4 Å². The highest BCUT2D eigenvalue weighted by Crippen LogP contribution is 2.34. The standard InChI is InChI=1S/C17H11Cl2NO3/c1-23-16-14(18)7-10(8-15(16)19)6-13(9-20)11-2-4-12(5-3-11)17(21)22/h2-8H,1H3,(H,21,22)/b13-6-. The van der Waals surface area contributed by atoms with Crippen LogP contribution in [0.5, 0.6) is 5.75 Å². The molecular formula is C17H11Cl2NO3. The molecule has 1 N–H and O–H groups in total. The van der Waals surface area contributed by atoms with Crippen LogP contribution in [0.25, 0.3) is 11.6 Å². The fourth-order valence-corrected chi connectivity index (χ4v) is 2.66. The summed E-state index contributed by atoms with van der Waals surface area (Å²) in [6.07, 6.45) is 1.62. The van der Waals surface area contributed by atoms with E-state index in [1.54, 1.807) is 30.3 Å². The Morgan fingerprint density at radius 3 is 2.13 bits per heavy atom. The Kier molecular flexibility index (Phi) is 5.28. The summed E-state index contributed by atoms with van der Waals surface area (Å²) >= 11 is 12.2. The number of allylic oxidation sites excluding steroid dienone is 1. The van der Waals surface area contributed by atoms with Gasteiger partial charge in [0.05, 0.1) is 34.4 Å². The van der Waals surface area contributed by atoms with Gasteiger partial charge in [-0.3, -0.25) is 0 Å². The number of carbonyl (C=O) groups is 1. The van der Waals surface area contributed by atoms with E-state index in [-0.39, 0.29) is 5.56 Å². The first-order chi connectivity index (χ1) is 11.0. The zero-order chi connectivity index (χ0) is 17.0. The van der Waals surface area contributed by atoms with E-state index in [0.717, 1.165) is 0 Å². The average Bonchev–Trinajstić information content (AvgIpc) is 2.52. The highest BCUT2D eigenvalue weighted by Gasteiger charge is 2.09. The minimum absolute atomic E-state index is 0.154. The molecule has 0 radical (unpaired) electrons. The van der Waals surface area contributed by atoms with Crippen LogP contribution < -0.4 is 4.74 Å². The second-order valence-corrected chi connectivity index (χ2v) is 5.38. The Morgan fingerprint density at radius 2 is 1.70 bits per heavy atom. The number of rotatable bonds is 4. The van der Waals surface area contributed by atoms with E-state index in [2.05, 4.69) is 6.07 Å². The van der Waals surface area contributed by atoms with Crippen LogP contribution in [0.2, 0.25) is 10.0 Å². The molecule has 23 heavy (non-hydrogen) atoms. The number of benzene rings is 2. The van der Waals surface area contributed by atoms with Crippen molar-refractivity contribution >= 4 is 40.8 Å². The number of methoxy groups -OCH3 is 1. The van der Waals surface area contributed by atoms with E-state index >= 15 is 0 Å². The Morgan fingerprint density at radius 1 is 1.17 bits per heavy atom. The molecule has 0 saturated heterocycles. The first-order valence-electron chi connectivity index (χ1n) is 6.45. The fraction of sp³-hybridized carbons (Fsp3) is 0.0588. The number of carboxylic acids is 1. The van der Waals surface area contributed by atoms with Gasteiger partial charge in [0.15, 0.2) is 5.75 Å². The van der Waals surface area contributed by atoms with Crippen LogP contribution in [-0.4, -0.2) is 18.2 Å². The Hall–Kier alpha value is -2.48. The van der Waals surface area contributed by atoms with E-state index in [9.17, 15) is 10.1 Å². The van der Waals surface area contributed by atoms with Crippen molar-refractivity contribution in [2.75, 3.05) is 7.11 Å². The van der Waals surface area contributed by atoms with Gasteiger partial charge < -0.3 is 9.84 Å². The third kappa shape index (κ3) is 3.84. The van der Waals surface area contributed by atoms with Crippen LogP contribution in [0.1, 0.15) is 21.5 Å². The monoisotopic (exact) mass is 347 g/mol. The number of aromatic carboxylic acids is 1. The Balaban J connectivity index is 2.43. The summed E-state index contributed by atoms with van der Waals surface area (Å²) in [5, 5.41) is 18.9. The van der Waals surface area contributed by atoms with Gasteiger partial charge in [0, 0.05) is 0 Å². The van der Waals surface area contributed by atoms with Gasteiger partial charge in [-0.05, 0) is 41.5 Å². The molecule has 4 nitrogen and oxygen atoms in total. The predicted octanol–water partition coefficient (Wildman–Crippen LogP) is 4.76. The zero-order valence-electron chi connectivity index (χ0n) is 12.0. The molecule has 0 saturated carbocycles. The number of ether oxygens (including phenoxy) is 1. The average molecular weight is 348 g/mol. The van der Waals surface area contributed by atoms with E-state index in [1.165, 1.54) is 19.2 Å². The summed E-state index contributed by atoms with van der Waals surface area (Å²) in [6, 6.07) is 11.4. The number of halogens is 2. The summed E-state index contributed by atoms with van der Waals surface area (Å²) in [7, 11) is 1.47. The molecule has 116 valence electrons. The number of hydrogen-bond donors (Lipinski definition) is 1. The molecule has 0 unspecified atom stereocenters. The largest absolute Gasteiger partial charge is 0.494 e. The molecule has 0 aliphatic rings. The van der Waals surface area contributed by atoms with Gasteiger partial charge in [-0.15, -0.1) is 0 Å². The van der Waals surface area contributed by atoms with Crippen molar-refractivity contribution < 1.29 is 14.6 Å². The molecule has 0 aliphatic carbocycles. The van der Waals surface area contributed by atoms with Crippen LogP contribution in [0.3, 0.4) is 0 Å². The van der Waals surface area contributed by atoms with Gasteiger partial charge in [-0.1, -0.05) is 35.3 Å². The topological polar surface area (TPSA) is 70.3 Å². The SMILES string of the molecule is COc1c(Cl)cc(/C=C(/C#N)c2ccc(C(=O)O)cc2)cc1Cl. The summed E-state index contributed by atoms with van der Waals surface area (Å²) in [5.41, 5.74) is 1.75. The maximum Gasteiger partial charge on any atom is 0.335 e. The van der Waals surface area contributed by atoms with Crippen molar-refractivity contribution in [3.05, 3.63) is 63.1 Å². The lowest BCUT2D eigenvalue weighted by molar-refractivity contribution is 0.0697. The lowest BCUT2D eigenvalue weighted by Crippen LogP contribution is -1.95. The summed E-state index contributed by atoms with van der Waals surface area (Å²) < 4.78 is 5.08. The molecule has 0 amide bonds. The van der Waals surface area contributed by atoms with Crippen molar-refractivity contribution in [2.45, 2.75) is 0 Å². The first-order valence-corrected chi connectivity index (χ1v) is 7.20. The number of nitrogens with zero attached hydrogens (tertiary/aromatic N) is 1. The van der Waals surface area contributed by atoms with Crippen LogP contribution in [0.4, 0.5) is 0 Å². The summed E-state index contributed by atoms with van der Waals surface area (Å²) in [4.78, 5) is 10.9. The van der Waals surface area contributed by atoms with Gasteiger partial charge in [-0.2, -0.15) is 5.26 Å². The normalized spacial score (nSPS) is 11.0. The Labute approximate surface area is 143 Å². The van der Waals surface area contributed by atoms with E-state index < -0.39 is 5.97 Å². The van der Waals surface area contributed by atoms with Crippen molar-refractivity contribution in [3.63, 3.8) is 0 Å². The molecule has 2 aromatic carbocycles. The number of carboxylic acid groups (broad SMARTS) is 1. The Bertz CT molecular complexity index is 798. The molecule has 0 heterocycles. The lowest BCUT2D eigenvalue weighted by atomic mass is 10.0. The van der Waals surface area contributed by atoms with Gasteiger partial charge in [0.25, 0.3) is 0 Å². The number of hydrogen-bond acceptors (Lipinski definition) is 3. The third-order valence-corrected chi connectivity index (χ3v) is 3.66. The minimum Gasteiger partial charge on any atom is -0.494 e. The molecular weight excluding hydrogens is 337 g/mol. The van der Waals surface area contributed by atoms with E-state index in [1.807, 2.05) is 0 Å². The predicted molar refractivity (Wildman–Crippen MR) is 89.9 cm³/mol. The van der Waals surface area contributed by atoms with Crippen molar-refractivity contribution in [1.82, 2.24) is 0 Å². The van der Waals surface area contributed by atoms with Crippen molar-refractivity contribution in [1.29, 1.82) is 5.26 Å². The zero-order valence-corrected chi connectivity index (χ0v) is 13.5. The van der Waals surface area contributed by atoms with Crippen molar-refractivity contribution in [3.8, 4) is 11.8 Å². The van der Waals surface area contributed by atoms with Crippen molar-refractivity contribution in [2.24, 2.45) is 0 Å². The molecule has 0 aromatic heterocycles. The molecule has 0 spiro atoms. The van der Waals surface area contributed by atoms with Gasteiger partial charge in [0.1, 0.15) is 0 Å². The van der Waals surface area contributed by atoms with Crippen LogP contribution in [0, 0.1) is 11.3 Å². The molecule has 2 aromatic rings. The van der Waals surface area contributed by atoms with Crippen LogP contribution >= 0.6 is 23.2 Å². The molecule has 2 rings (SSSR count). The highest BCUT2D eigenvalue weighted by atomic mass is 35.5. The summed E-state index contributed by atoms with van der Waals surface area (Å²) in [5.74, 6) is -0.650. The number of nitriles is 1. The molecule has 0 aliphatic heterocycles. The van der Waals surface area contributed by atoms with Gasteiger partial charge in [-0.25, -0.2) is 4.79 Å². The summed E-state index contributed by atoms with van der Waals surface area (Å²) in [6.45, 7) is 0. The van der Waals surface area contributed by atoms with Gasteiger partial charge in [0.2, 0.25) is 0 Å². The first kappa shape index (κ1) is 16.9. The maximum atomic E-state index is 10.9. The van der Waals surface area contributed by atoms with Crippen LogP contribution in [-0.2, 0) is 0 Å². The third-order valence-electron chi connectivity index (χ3n) is 3.10. The van der Waals surface area contributed by atoms with Gasteiger partial charge >= 0.3 is 5.97 Å². The molecule has 0 fully saturated rings. The molecule has 6 heteroatoms. The molecule has 0 atom stereocenters. The maximum absolute atomic E-state index is 10.9. The smallest absolute Gasteiger partial charge is 0.335 e.